The van der Waals surface area contributed by atoms with Crippen molar-refractivity contribution in [2.45, 2.75) is 6.54 Å². The van der Waals surface area contributed by atoms with Crippen molar-refractivity contribution in [1.29, 1.82) is 0 Å². The maximum absolute atomic E-state index is 12.5. The highest BCUT2D eigenvalue weighted by Crippen LogP contribution is 2.29. The zero-order valence-electron chi connectivity index (χ0n) is 13.1. The summed E-state index contributed by atoms with van der Waals surface area (Å²) in [5, 5.41) is 1.61. The number of ether oxygens (including phenoxy) is 1. The summed E-state index contributed by atoms with van der Waals surface area (Å²) in [5.41, 5.74) is 1.25. The van der Waals surface area contributed by atoms with Gasteiger partial charge in [0, 0.05) is 29.3 Å². The van der Waals surface area contributed by atoms with Crippen LogP contribution in [0.4, 0.5) is 0 Å². The van der Waals surface area contributed by atoms with Gasteiger partial charge >= 0.3 is 0 Å². The lowest BCUT2D eigenvalue weighted by Crippen LogP contribution is -2.19. The summed E-state index contributed by atoms with van der Waals surface area (Å²) in [6.45, 7) is 0.984. The van der Waals surface area contributed by atoms with E-state index in [1.54, 1.807) is 37.4 Å². The standard InChI is InChI=1S/C17H13Cl3N2O2S/c1-24-7-6-22-15-13(20)8-12(19)9-14(15)25-17(22)21-16(23)10-2-4-11(18)5-3-10/h2-5,8-9H,6-7H2,1H3. The minimum Gasteiger partial charge on any atom is -0.383 e. The first-order valence-corrected chi connectivity index (χ1v) is 9.26. The van der Waals surface area contributed by atoms with Crippen LogP contribution in [0.3, 0.4) is 0 Å². The summed E-state index contributed by atoms with van der Waals surface area (Å²) < 4.78 is 7.89. The van der Waals surface area contributed by atoms with Gasteiger partial charge in [0.05, 0.1) is 21.8 Å². The van der Waals surface area contributed by atoms with Gasteiger partial charge in [0.15, 0.2) is 4.80 Å². The SMILES string of the molecule is COCCn1c(=NC(=O)c2ccc(Cl)cc2)sc2cc(Cl)cc(Cl)c21. The maximum atomic E-state index is 12.5. The molecule has 0 aliphatic heterocycles. The lowest BCUT2D eigenvalue weighted by Gasteiger charge is -2.06. The second-order valence-electron chi connectivity index (χ2n) is 5.19. The third-order valence-electron chi connectivity index (χ3n) is 3.50. The Morgan fingerprint density at radius 3 is 2.56 bits per heavy atom. The number of benzene rings is 2. The van der Waals surface area contributed by atoms with E-state index in [9.17, 15) is 4.79 Å². The van der Waals surface area contributed by atoms with E-state index in [0.717, 1.165) is 10.2 Å². The Morgan fingerprint density at radius 1 is 1.16 bits per heavy atom. The Balaban J connectivity index is 2.15. The van der Waals surface area contributed by atoms with Crippen molar-refractivity contribution in [3.8, 4) is 0 Å². The third kappa shape index (κ3) is 4.07. The third-order valence-corrected chi connectivity index (χ3v) is 5.29. The van der Waals surface area contributed by atoms with E-state index in [0.29, 0.717) is 38.6 Å². The molecule has 0 spiro atoms. The van der Waals surface area contributed by atoms with Crippen LogP contribution < -0.4 is 4.80 Å². The van der Waals surface area contributed by atoms with Gasteiger partial charge in [-0.1, -0.05) is 46.1 Å². The number of methoxy groups -OCH3 is 1. The minimum atomic E-state index is -0.350. The molecular weight excluding hydrogens is 403 g/mol. The molecule has 0 aliphatic rings. The summed E-state index contributed by atoms with van der Waals surface area (Å²) >= 11 is 19.6. The van der Waals surface area contributed by atoms with E-state index in [2.05, 4.69) is 4.99 Å². The van der Waals surface area contributed by atoms with Gasteiger partial charge in [-0.3, -0.25) is 4.79 Å². The Bertz CT molecular complexity index is 994. The number of carbonyl (C=O) groups is 1. The summed E-state index contributed by atoms with van der Waals surface area (Å²) in [6, 6.07) is 10.1. The molecule has 0 N–H and O–H groups in total. The van der Waals surface area contributed by atoms with E-state index in [4.69, 9.17) is 39.5 Å². The molecule has 0 fully saturated rings. The van der Waals surface area contributed by atoms with Gasteiger partial charge in [-0.15, -0.1) is 0 Å². The van der Waals surface area contributed by atoms with Crippen LogP contribution in [0.1, 0.15) is 10.4 Å². The minimum absolute atomic E-state index is 0.350. The van der Waals surface area contributed by atoms with Crippen molar-refractivity contribution in [3.63, 3.8) is 0 Å². The molecule has 0 saturated heterocycles. The van der Waals surface area contributed by atoms with Crippen LogP contribution in [0.5, 0.6) is 0 Å². The van der Waals surface area contributed by atoms with Crippen LogP contribution in [-0.2, 0) is 11.3 Å². The molecule has 3 rings (SSSR count). The van der Waals surface area contributed by atoms with E-state index in [1.807, 2.05) is 10.6 Å². The fraction of sp³-hybridized carbons (Fsp3) is 0.176. The van der Waals surface area contributed by atoms with Gasteiger partial charge in [-0.05, 0) is 36.4 Å². The Hall–Kier alpha value is -1.37. The summed E-state index contributed by atoms with van der Waals surface area (Å²) in [6.07, 6.45) is 0. The maximum Gasteiger partial charge on any atom is 0.279 e. The molecule has 0 radical (unpaired) electrons. The number of aromatic nitrogens is 1. The Labute approximate surface area is 163 Å². The normalized spacial score (nSPS) is 12.1. The topological polar surface area (TPSA) is 43.6 Å². The first kappa shape index (κ1) is 18.4. The summed E-state index contributed by atoms with van der Waals surface area (Å²) in [4.78, 5) is 17.3. The van der Waals surface area contributed by atoms with Crippen LogP contribution in [0.15, 0.2) is 41.4 Å². The van der Waals surface area contributed by atoms with Gasteiger partial charge < -0.3 is 9.30 Å². The van der Waals surface area contributed by atoms with Crippen molar-refractivity contribution in [2.24, 2.45) is 4.99 Å². The number of halogens is 3. The molecule has 130 valence electrons. The zero-order valence-corrected chi connectivity index (χ0v) is 16.2. The number of carbonyl (C=O) groups excluding carboxylic acids is 1. The van der Waals surface area contributed by atoms with E-state index >= 15 is 0 Å². The van der Waals surface area contributed by atoms with E-state index < -0.39 is 0 Å². The number of hydrogen-bond acceptors (Lipinski definition) is 3. The first-order valence-electron chi connectivity index (χ1n) is 7.31. The lowest BCUT2D eigenvalue weighted by molar-refractivity contribution is 0.0997. The highest BCUT2D eigenvalue weighted by molar-refractivity contribution is 7.16. The van der Waals surface area contributed by atoms with Crippen molar-refractivity contribution in [1.82, 2.24) is 4.57 Å². The molecule has 0 bridgehead atoms. The number of nitrogens with zero attached hydrogens (tertiary/aromatic N) is 2. The van der Waals surface area contributed by atoms with Crippen LogP contribution in [0, 0.1) is 0 Å². The second-order valence-corrected chi connectivity index (χ2v) is 7.48. The second kappa shape index (κ2) is 7.89. The zero-order chi connectivity index (χ0) is 18.0. The molecule has 0 saturated carbocycles. The largest absolute Gasteiger partial charge is 0.383 e. The molecule has 2 aromatic carbocycles. The van der Waals surface area contributed by atoms with Gasteiger partial charge in [-0.2, -0.15) is 4.99 Å². The van der Waals surface area contributed by atoms with Crippen LogP contribution in [0.2, 0.25) is 15.1 Å². The Kier molecular flexibility index (Phi) is 5.81. The predicted molar refractivity (Wildman–Crippen MR) is 103 cm³/mol. The van der Waals surface area contributed by atoms with Crippen molar-refractivity contribution < 1.29 is 9.53 Å². The molecule has 4 nitrogen and oxygen atoms in total. The molecule has 1 amide bonds. The Morgan fingerprint density at radius 2 is 1.88 bits per heavy atom. The van der Waals surface area contributed by atoms with E-state index in [-0.39, 0.29) is 5.91 Å². The molecule has 3 aromatic rings. The predicted octanol–water partition coefficient (Wildman–Crippen LogP) is 5.05. The molecule has 8 heteroatoms. The molecule has 1 aromatic heterocycles. The summed E-state index contributed by atoms with van der Waals surface area (Å²) in [5.74, 6) is -0.350. The van der Waals surface area contributed by atoms with Gasteiger partial charge in [-0.25, -0.2) is 0 Å². The highest BCUT2D eigenvalue weighted by Gasteiger charge is 2.13. The monoisotopic (exact) mass is 414 g/mol. The molecule has 0 aliphatic carbocycles. The molecular formula is C17H13Cl3N2O2S. The molecule has 25 heavy (non-hydrogen) atoms. The number of amides is 1. The average Bonchev–Trinajstić information content (AvgIpc) is 2.90. The number of hydrogen-bond donors (Lipinski definition) is 0. The average molecular weight is 416 g/mol. The van der Waals surface area contributed by atoms with Crippen molar-refractivity contribution in [3.05, 3.63) is 61.8 Å². The smallest absolute Gasteiger partial charge is 0.279 e. The van der Waals surface area contributed by atoms with Crippen LogP contribution >= 0.6 is 46.1 Å². The van der Waals surface area contributed by atoms with Gasteiger partial charge in [0.2, 0.25) is 0 Å². The van der Waals surface area contributed by atoms with Gasteiger partial charge in [0.25, 0.3) is 5.91 Å². The number of thiazole rings is 1. The fourth-order valence-corrected chi connectivity index (χ4v) is 4.31. The number of rotatable bonds is 4. The molecule has 1 heterocycles. The summed E-state index contributed by atoms with van der Waals surface area (Å²) in [7, 11) is 1.61. The van der Waals surface area contributed by atoms with Crippen molar-refractivity contribution in [2.75, 3.05) is 13.7 Å². The van der Waals surface area contributed by atoms with Crippen molar-refractivity contribution >= 4 is 62.3 Å². The lowest BCUT2D eigenvalue weighted by atomic mass is 10.2. The van der Waals surface area contributed by atoms with Crippen LogP contribution in [-0.4, -0.2) is 24.2 Å². The highest BCUT2D eigenvalue weighted by atomic mass is 35.5. The van der Waals surface area contributed by atoms with E-state index in [1.165, 1.54) is 11.3 Å². The number of fused-ring (bicyclic) bond motifs is 1. The molecule has 0 unspecified atom stereocenters. The first-order chi connectivity index (χ1) is 12.0. The fourth-order valence-electron chi connectivity index (χ4n) is 2.35. The quantitative estimate of drug-likeness (QED) is 0.598. The van der Waals surface area contributed by atoms with Gasteiger partial charge in [0.1, 0.15) is 0 Å². The molecule has 0 atom stereocenters. The van der Waals surface area contributed by atoms with Crippen LogP contribution in [0.25, 0.3) is 10.2 Å².